The molecule has 2 aromatic carbocycles. The number of ether oxygens (including phenoxy) is 6. The van der Waals surface area contributed by atoms with Crippen LogP contribution in [0.3, 0.4) is 0 Å². The lowest BCUT2D eigenvalue weighted by Crippen LogP contribution is -2.52. The fourth-order valence-electron chi connectivity index (χ4n) is 9.09. The molecule has 3 saturated heterocycles. The van der Waals surface area contributed by atoms with Crippen LogP contribution in [0, 0.1) is 37.5 Å². The van der Waals surface area contributed by atoms with Gasteiger partial charge in [-0.1, -0.05) is 90.8 Å². The number of benzene rings is 2. The Morgan fingerprint density at radius 2 is 0.675 bits per heavy atom. The van der Waals surface area contributed by atoms with Crippen LogP contribution in [-0.4, -0.2) is 197 Å². The Labute approximate surface area is 476 Å². The molecular weight excluding hydrogens is 1030 g/mol. The predicted octanol–water partition coefficient (Wildman–Crippen LogP) is 6.11. The van der Waals surface area contributed by atoms with Gasteiger partial charge in [0, 0.05) is 65.7 Å². The number of cyclic esters (lactones) is 4. The first kappa shape index (κ1) is 68.0. The normalized spacial score (nSPS) is 23.2. The van der Waals surface area contributed by atoms with E-state index < -0.39 is 97.1 Å². The van der Waals surface area contributed by atoms with Crippen molar-refractivity contribution in [3.05, 3.63) is 59.7 Å². The number of aryl methyl sites for hydroxylation is 2. The zero-order valence-corrected chi connectivity index (χ0v) is 50.7. The molecule has 3 aliphatic rings. The number of carbonyl (C=O) groups excluding carboxylic acids is 8. The predicted molar refractivity (Wildman–Crippen MR) is 306 cm³/mol. The van der Waals surface area contributed by atoms with Crippen LogP contribution in [0.4, 0.5) is 11.4 Å². The van der Waals surface area contributed by atoms with E-state index in [0.717, 1.165) is 72.2 Å². The lowest BCUT2D eigenvalue weighted by molar-refractivity contribution is -0.172. The van der Waals surface area contributed by atoms with Gasteiger partial charge in [0.25, 0.3) is 23.6 Å². The largest absolute Gasteiger partial charge is 0.454 e. The molecule has 5 rings (SSSR count). The van der Waals surface area contributed by atoms with Crippen LogP contribution in [-0.2, 0) is 66.8 Å². The maximum Gasteiger partial charge on any atom is 0.329 e. The molecule has 3 aliphatic heterocycles. The van der Waals surface area contributed by atoms with Gasteiger partial charge in [0.2, 0.25) is 0 Å². The zero-order chi connectivity index (χ0) is 60.0. The van der Waals surface area contributed by atoms with Crippen LogP contribution in [0.25, 0.3) is 0 Å². The van der Waals surface area contributed by atoms with Crippen LogP contribution in [0.5, 0.6) is 0 Å². The summed E-state index contributed by atoms with van der Waals surface area (Å²) in [6.07, 6.45) is -2.16. The van der Waals surface area contributed by atoms with Gasteiger partial charge in [-0.15, -0.1) is 0 Å². The molecule has 20 heteroatoms. The van der Waals surface area contributed by atoms with E-state index in [1.165, 1.54) is 64.5 Å². The molecule has 3 heterocycles. The van der Waals surface area contributed by atoms with Crippen molar-refractivity contribution in [2.45, 2.75) is 145 Å². The summed E-state index contributed by atoms with van der Waals surface area (Å²) in [7, 11) is 5.42. The molecule has 0 bridgehead atoms. The van der Waals surface area contributed by atoms with E-state index in [-0.39, 0.29) is 49.4 Å². The third-order valence-electron chi connectivity index (χ3n) is 14.0. The Bertz CT molecular complexity index is 2120. The first-order chi connectivity index (χ1) is 37.6. The van der Waals surface area contributed by atoms with Crippen molar-refractivity contribution in [2.75, 3.05) is 104 Å². The number of hydrogen-bond acceptors (Lipinski definition) is 16. The van der Waals surface area contributed by atoms with Gasteiger partial charge in [-0.05, 0) is 101 Å². The van der Waals surface area contributed by atoms with Crippen molar-refractivity contribution < 1.29 is 66.8 Å². The first-order valence-electron chi connectivity index (χ1n) is 28.2. The Morgan fingerprint density at radius 1 is 0.412 bits per heavy atom. The third-order valence-corrected chi connectivity index (χ3v) is 14.0. The van der Waals surface area contributed by atoms with Gasteiger partial charge in [0.1, 0.15) is 24.2 Å². The van der Waals surface area contributed by atoms with E-state index in [2.05, 4.69) is 72.2 Å². The number of carbonyl (C=O) groups is 8. The van der Waals surface area contributed by atoms with Gasteiger partial charge in [-0.3, -0.25) is 19.2 Å². The van der Waals surface area contributed by atoms with Crippen LogP contribution < -0.4 is 9.80 Å². The van der Waals surface area contributed by atoms with Crippen molar-refractivity contribution >= 4 is 58.9 Å². The molecule has 4 amide bonds. The van der Waals surface area contributed by atoms with Gasteiger partial charge >= 0.3 is 23.9 Å². The number of esters is 4. The highest BCUT2D eigenvalue weighted by Crippen LogP contribution is 2.22. The van der Waals surface area contributed by atoms with E-state index in [0.29, 0.717) is 0 Å². The van der Waals surface area contributed by atoms with E-state index in [4.69, 9.17) is 28.4 Å². The Hall–Kier alpha value is -6.28. The maximum atomic E-state index is 13.6. The van der Waals surface area contributed by atoms with Gasteiger partial charge < -0.3 is 57.8 Å². The molecule has 0 aromatic heterocycles. The number of nitrogens with zero attached hydrogens (tertiary/aromatic N) is 6. The summed E-state index contributed by atoms with van der Waals surface area (Å²) < 4.78 is 32.5. The molecule has 6 atom stereocenters. The summed E-state index contributed by atoms with van der Waals surface area (Å²) in [5, 5.41) is 0. The van der Waals surface area contributed by atoms with Gasteiger partial charge in [-0.2, -0.15) is 0 Å². The molecule has 448 valence electrons. The molecule has 2 aromatic rings. The fourth-order valence-corrected chi connectivity index (χ4v) is 9.09. The van der Waals surface area contributed by atoms with Crippen molar-refractivity contribution in [1.82, 2.24) is 19.6 Å². The second-order valence-electron chi connectivity index (χ2n) is 22.7. The highest BCUT2D eigenvalue weighted by atomic mass is 16.6. The molecule has 0 spiro atoms. The first-order valence-corrected chi connectivity index (χ1v) is 28.2. The smallest absolute Gasteiger partial charge is 0.329 e. The second-order valence-corrected chi connectivity index (χ2v) is 22.7. The van der Waals surface area contributed by atoms with Gasteiger partial charge in [0.05, 0.1) is 26.4 Å². The standard InChI is InChI=1S/C38H64N4O12.2C11H15NO/c1-21(2)15-27-35(47)51-19-31(43)39(11)30(18-24(7)8)38(50)54-26(10)34(46)42(14)28(16-22(3)4)36(48)52-20-32(44)40(12)29(17-23(5)6)37(49)53-25(9)33(45)41(27)13;2*1-10-2-4-11(5-3-10)12-6-8-13-9-7-12/h21-30H,15-20H2,1-14H3;2*2-5H,6-9H2,1H3/t25-,26-,27+,28+,29+,30+;;/m1../s1. The number of rotatable bonds is 10. The molecular formula is C60H94N6O14. The average molecular weight is 1120 g/mol. The van der Waals surface area contributed by atoms with E-state index in [9.17, 15) is 38.4 Å². The Kier molecular flexibility index (Phi) is 28.4. The molecule has 0 aliphatic carbocycles. The Balaban J connectivity index is 0.000000511. The minimum atomic E-state index is -1.38. The van der Waals surface area contributed by atoms with Crippen LogP contribution in [0.1, 0.15) is 106 Å². The minimum absolute atomic E-state index is 0.0975. The highest BCUT2D eigenvalue weighted by Gasteiger charge is 2.39. The number of likely N-dealkylation sites (N-methyl/N-ethyl adjacent to an activating group) is 4. The van der Waals surface area contributed by atoms with Crippen molar-refractivity contribution in [2.24, 2.45) is 23.7 Å². The van der Waals surface area contributed by atoms with E-state index >= 15 is 0 Å². The topological polar surface area (TPSA) is 211 Å². The maximum absolute atomic E-state index is 13.6. The number of hydrogen-bond donors (Lipinski definition) is 0. The minimum Gasteiger partial charge on any atom is -0.454 e. The summed E-state index contributed by atoms with van der Waals surface area (Å²) in [4.78, 5) is 117. The lowest BCUT2D eigenvalue weighted by atomic mass is 10.0. The zero-order valence-electron chi connectivity index (χ0n) is 50.7. The monoisotopic (exact) mass is 1120 g/mol. The molecule has 3 fully saturated rings. The van der Waals surface area contributed by atoms with E-state index in [1.807, 2.05) is 55.4 Å². The molecule has 80 heavy (non-hydrogen) atoms. The number of amides is 4. The number of anilines is 2. The van der Waals surface area contributed by atoms with Gasteiger partial charge in [0.15, 0.2) is 25.4 Å². The van der Waals surface area contributed by atoms with E-state index in [1.54, 1.807) is 0 Å². The molecule has 0 unspecified atom stereocenters. The third kappa shape index (κ3) is 22.0. The van der Waals surface area contributed by atoms with Crippen LogP contribution >= 0.6 is 0 Å². The van der Waals surface area contributed by atoms with Crippen molar-refractivity contribution in [3.63, 3.8) is 0 Å². The summed E-state index contributed by atoms with van der Waals surface area (Å²) in [6, 6.07) is 12.7. The highest BCUT2D eigenvalue weighted by molar-refractivity contribution is 5.93. The molecule has 0 N–H and O–H groups in total. The quantitative estimate of drug-likeness (QED) is 0.194. The van der Waals surface area contributed by atoms with Crippen molar-refractivity contribution in [3.8, 4) is 0 Å². The van der Waals surface area contributed by atoms with Crippen LogP contribution in [0.2, 0.25) is 0 Å². The summed E-state index contributed by atoms with van der Waals surface area (Å²) in [5.74, 6) is -6.82. The number of morpholine rings is 2. The Morgan fingerprint density at radius 3 is 0.938 bits per heavy atom. The second kappa shape index (κ2) is 33.5. The van der Waals surface area contributed by atoms with Crippen LogP contribution in [0.15, 0.2) is 48.5 Å². The summed E-state index contributed by atoms with van der Waals surface area (Å²) in [5.41, 5.74) is 5.26. The molecule has 0 saturated carbocycles. The molecule has 0 radical (unpaired) electrons. The SMILES string of the molecule is CC(C)C[C@H]1C(=O)O[C@H](C)C(=O)N(C)[C@@H](CC(C)C)C(=O)OCC(=O)N(C)[C@@H](CC(C)C)C(=O)O[C@H](C)C(=O)N(C)[C@@H](CC(C)C)C(=O)OCC(=O)N1C.Cc1ccc(N2CCOCC2)cc1.Cc1ccc(N2CCOCC2)cc1. The van der Waals surface area contributed by atoms with Crippen molar-refractivity contribution in [1.29, 1.82) is 0 Å². The molecule has 20 nitrogen and oxygen atoms in total. The average Bonchev–Trinajstić information content (AvgIpc) is 3.42. The summed E-state index contributed by atoms with van der Waals surface area (Å²) in [6.45, 7) is 27.5. The lowest BCUT2D eigenvalue weighted by Gasteiger charge is -2.33. The van der Waals surface area contributed by atoms with Gasteiger partial charge in [-0.25, -0.2) is 19.2 Å². The fraction of sp³-hybridized carbons (Fsp3) is 0.667. The summed E-state index contributed by atoms with van der Waals surface area (Å²) >= 11 is 0.